The van der Waals surface area contributed by atoms with Crippen LogP contribution >= 0.6 is 0 Å². The van der Waals surface area contributed by atoms with Crippen molar-refractivity contribution in [2.45, 2.75) is 26.8 Å². The quantitative estimate of drug-likeness (QED) is 0.724. The molecule has 0 spiro atoms. The van der Waals surface area contributed by atoms with Crippen LogP contribution in [0.4, 0.5) is 4.79 Å². The van der Waals surface area contributed by atoms with Gasteiger partial charge in [-0.05, 0) is 13.3 Å². The Balaban J connectivity index is 1.41. The van der Waals surface area contributed by atoms with Crippen LogP contribution in [0.25, 0.3) is 11.4 Å². The van der Waals surface area contributed by atoms with Crippen LogP contribution in [0.5, 0.6) is 0 Å². The minimum atomic E-state index is -0.434. The lowest BCUT2D eigenvalue weighted by atomic mass is 10.1. The molecule has 2 aromatic rings. The molecule has 0 bridgehead atoms. The van der Waals surface area contributed by atoms with Gasteiger partial charge < -0.3 is 9.84 Å². The molecule has 1 aromatic heterocycles. The van der Waals surface area contributed by atoms with E-state index in [-0.39, 0.29) is 12.5 Å². The number of aromatic nitrogens is 2. The molecule has 1 aliphatic rings. The van der Waals surface area contributed by atoms with Crippen LogP contribution < -0.4 is 10.6 Å². The highest BCUT2D eigenvalue weighted by molar-refractivity contribution is 5.95. The second-order valence-electron chi connectivity index (χ2n) is 7.23. The zero-order valence-corrected chi connectivity index (χ0v) is 17.0. The maximum Gasteiger partial charge on any atom is 0.321 e. The molecule has 2 N–H and O–H groups in total. The van der Waals surface area contributed by atoms with E-state index in [1.54, 1.807) is 0 Å². The zero-order valence-electron chi connectivity index (χ0n) is 17.0. The number of hydrogen-bond acceptors (Lipinski definition) is 7. The molecule has 0 saturated carbocycles. The molecule has 29 heavy (non-hydrogen) atoms. The first-order chi connectivity index (χ1) is 14.0. The van der Waals surface area contributed by atoms with E-state index >= 15 is 0 Å². The van der Waals surface area contributed by atoms with E-state index in [9.17, 15) is 9.59 Å². The lowest BCUT2D eigenvalue weighted by Gasteiger charge is -2.33. The van der Waals surface area contributed by atoms with E-state index < -0.39 is 6.03 Å². The van der Waals surface area contributed by atoms with Crippen LogP contribution in [-0.4, -0.2) is 71.1 Å². The van der Waals surface area contributed by atoms with Crippen LogP contribution in [0.1, 0.15) is 24.8 Å². The SMILES string of the molecule is CCCNC(=O)NC(=O)CN1CCN(Cc2nc(-c3ccc(C)cc3)no2)CC1. The van der Waals surface area contributed by atoms with Crippen molar-refractivity contribution in [1.82, 2.24) is 30.6 Å². The Labute approximate surface area is 170 Å². The molecule has 1 fully saturated rings. The van der Waals surface area contributed by atoms with Gasteiger partial charge in [0, 0.05) is 38.3 Å². The van der Waals surface area contributed by atoms with Crippen molar-refractivity contribution >= 4 is 11.9 Å². The van der Waals surface area contributed by atoms with Crippen LogP contribution in [0.3, 0.4) is 0 Å². The number of rotatable bonds is 7. The summed E-state index contributed by atoms with van der Waals surface area (Å²) >= 11 is 0. The number of amides is 3. The molecule has 2 heterocycles. The van der Waals surface area contributed by atoms with E-state index in [0.29, 0.717) is 24.8 Å². The number of carbonyl (C=O) groups is 2. The molecule has 9 heteroatoms. The van der Waals surface area contributed by atoms with Gasteiger partial charge in [-0.1, -0.05) is 41.9 Å². The van der Waals surface area contributed by atoms with Gasteiger partial charge in [-0.15, -0.1) is 0 Å². The summed E-state index contributed by atoms with van der Waals surface area (Å²) in [5.41, 5.74) is 2.12. The lowest BCUT2D eigenvalue weighted by molar-refractivity contribution is -0.121. The van der Waals surface area contributed by atoms with Gasteiger partial charge in [0.15, 0.2) is 0 Å². The van der Waals surface area contributed by atoms with Crippen molar-refractivity contribution < 1.29 is 14.1 Å². The van der Waals surface area contributed by atoms with Crippen molar-refractivity contribution in [2.24, 2.45) is 0 Å². The summed E-state index contributed by atoms with van der Waals surface area (Å²) in [6, 6.07) is 7.57. The Morgan fingerprint density at radius 1 is 1.10 bits per heavy atom. The highest BCUT2D eigenvalue weighted by Gasteiger charge is 2.21. The highest BCUT2D eigenvalue weighted by Crippen LogP contribution is 2.17. The second kappa shape index (κ2) is 10.1. The van der Waals surface area contributed by atoms with Crippen molar-refractivity contribution in [3.63, 3.8) is 0 Å². The summed E-state index contributed by atoms with van der Waals surface area (Å²) in [5.74, 6) is 0.891. The average molecular weight is 400 g/mol. The number of nitrogens with zero attached hydrogens (tertiary/aromatic N) is 4. The first-order valence-corrected chi connectivity index (χ1v) is 9.95. The molecule has 1 saturated heterocycles. The summed E-state index contributed by atoms with van der Waals surface area (Å²) in [7, 11) is 0. The number of hydrogen-bond donors (Lipinski definition) is 2. The molecule has 3 amide bonds. The highest BCUT2D eigenvalue weighted by atomic mass is 16.5. The third-order valence-electron chi connectivity index (χ3n) is 4.76. The van der Waals surface area contributed by atoms with Crippen molar-refractivity contribution in [3.8, 4) is 11.4 Å². The van der Waals surface area contributed by atoms with Gasteiger partial charge >= 0.3 is 6.03 Å². The monoisotopic (exact) mass is 400 g/mol. The number of urea groups is 1. The predicted octanol–water partition coefficient (Wildman–Crippen LogP) is 1.40. The maximum absolute atomic E-state index is 12.0. The van der Waals surface area contributed by atoms with Crippen LogP contribution in [0.15, 0.2) is 28.8 Å². The molecule has 0 atom stereocenters. The van der Waals surface area contributed by atoms with Gasteiger partial charge in [-0.25, -0.2) is 4.79 Å². The fourth-order valence-electron chi connectivity index (χ4n) is 3.09. The first-order valence-electron chi connectivity index (χ1n) is 9.95. The fraction of sp³-hybridized carbons (Fsp3) is 0.500. The van der Waals surface area contributed by atoms with Gasteiger partial charge in [-0.2, -0.15) is 4.98 Å². The zero-order chi connectivity index (χ0) is 20.6. The number of nitrogens with one attached hydrogen (secondary N) is 2. The second-order valence-corrected chi connectivity index (χ2v) is 7.23. The Kier molecular flexibility index (Phi) is 7.31. The lowest BCUT2D eigenvalue weighted by Crippen LogP contribution is -2.50. The third kappa shape index (κ3) is 6.37. The number of benzene rings is 1. The molecule has 3 rings (SSSR count). The normalized spacial score (nSPS) is 15.2. The van der Waals surface area contributed by atoms with Gasteiger partial charge in [0.05, 0.1) is 13.1 Å². The van der Waals surface area contributed by atoms with Gasteiger partial charge in [-0.3, -0.25) is 19.9 Å². The van der Waals surface area contributed by atoms with Crippen LogP contribution in [-0.2, 0) is 11.3 Å². The van der Waals surface area contributed by atoms with E-state index in [0.717, 1.165) is 38.2 Å². The molecular formula is C20H28N6O3. The van der Waals surface area contributed by atoms with Crippen molar-refractivity contribution in [1.29, 1.82) is 0 Å². The molecule has 1 aromatic carbocycles. The fourth-order valence-corrected chi connectivity index (χ4v) is 3.09. The number of carbonyl (C=O) groups excluding carboxylic acids is 2. The van der Waals surface area contributed by atoms with Gasteiger partial charge in [0.2, 0.25) is 17.6 Å². The molecule has 0 radical (unpaired) electrons. The number of imide groups is 1. The minimum absolute atomic E-state index is 0.214. The number of aryl methyl sites for hydroxylation is 1. The van der Waals surface area contributed by atoms with Crippen molar-refractivity contribution in [3.05, 3.63) is 35.7 Å². The smallest absolute Gasteiger partial charge is 0.321 e. The maximum atomic E-state index is 12.0. The van der Waals surface area contributed by atoms with E-state index in [1.165, 1.54) is 5.56 Å². The van der Waals surface area contributed by atoms with E-state index in [1.807, 2.05) is 43.0 Å². The van der Waals surface area contributed by atoms with Crippen molar-refractivity contribution in [2.75, 3.05) is 39.3 Å². The van der Waals surface area contributed by atoms with Crippen LogP contribution in [0, 0.1) is 6.92 Å². The summed E-state index contributed by atoms with van der Waals surface area (Å²) in [6.07, 6.45) is 0.829. The minimum Gasteiger partial charge on any atom is -0.338 e. The largest absolute Gasteiger partial charge is 0.338 e. The van der Waals surface area contributed by atoms with Gasteiger partial charge in [0.1, 0.15) is 0 Å². The number of piperazine rings is 1. The average Bonchev–Trinajstić information content (AvgIpc) is 3.17. The Bertz CT molecular complexity index is 812. The molecule has 0 aliphatic carbocycles. The predicted molar refractivity (Wildman–Crippen MR) is 108 cm³/mol. The van der Waals surface area contributed by atoms with Crippen LogP contribution in [0.2, 0.25) is 0 Å². The van der Waals surface area contributed by atoms with Gasteiger partial charge in [0.25, 0.3) is 0 Å². The summed E-state index contributed by atoms with van der Waals surface area (Å²) in [4.78, 5) is 32.2. The van der Waals surface area contributed by atoms with E-state index in [2.05, 4.69) is 25.7 Å². The standard InChI is InChI=1S/C20H28N6O3/c1-3-8-21-20(28)22-17(27)13-25-9-11-26(12-10-25)14-18-23-19(24-29-18)16-6-4-15(2)5-7-16/h4-7H,3,8-14H2,1-2H3,(H2,21,22,27,28). The molecule has 0 unspecified atom stereocenters. The molecule has 1 aliphatic heterocycles. The molecule has 156 valence electrons. The third-order valence-corrected chi connectivity index (χ3v) is 4.76. The topological polar surface area (TPSA) is 104 Å². The summed E-state index contributed by atoms with van der Waals surface area (Å²) in [6.45, 7) is 8.40. The Hall–Kier alpha value is -2.78. The summed E-state index contributed by atoms with van der Waals surface area (Å²) in [5, 5.41) is 9.06. The molecular weight excluding hydrogens is 372 g/mol. The Morgan fingerprint density at radius 2 is 1.79 bits per heavy atom. The molecule has 9 nitrogen and oxygen atoms in total. The first kappa shape index (κ1) is 20.9. The Morgan fingerprint density at radius 3 is 2.48 bits per heavy atom. The van der Waals surface area contributed by atoms with E-state index in [4.69, 9.17) is 4.52 Å². The summed E-state index contributed by atoms with van der Waals surface area (Å²) < 4.78 is 5.39.